The number of allylic oxidation sites excluding steroid dienone is 1. The average molecular weight is 99.1 g/mol. The maximum atomic E-state index is 5.03. The molecule has 0 spiro atoms. The lowest BCUT2D eigenvalue weighted by molar-refractivity contribution is 1.27. The molecule has 0 aromatic heterocycles. The Morgan fingerprint density at radius 3 is 2.29 bits per heavy atom. The van der Waals surface area contributed by atoms with Crippen molar-refractivity contribution in [3.05, 3.63) is 11.9 Å². The minimum atomic E-state index is 0.725. The zero-order valence-electron chi connectivity index (χ0n) is 4.26. The van der Waals surface area contributed by atoms with Gasteiger partial charge in [-0.25, -0.2) is 4.99 Å². The highest BCUT2D eigenvalue weighted by Gasteiger charge is 1.71. The van der Waals surface area contributed by atoms with Gasteiger partial charge in [-0.1, -0.05) is 0 Å². The Morgan fingerprint density at radius 1 is 1.57 bits per heavy atom. The van der Waals surface area contributed by atoms with Crippen LogP contribution in [-0.2, 0) is 0 Å². The van der Waals surface area contributed by atoms with Crippen molar-refractivity contribution in [3.63, 3.8) is 0 Å². The maximum absolute atomic E-state index is 5.03. The first-order valence-electron chi connectivity index (χ1n) is 1.94. The van der Waals surface area contributed by atoms with Gasteiger partial charge in [0.05, 0.1) is 12.0 Å². The number of hydrogen-bond donors (Lipinski definition) is 2. The number of nitrogens with two attached hydrogens (primary N) is 2. The molecule has 0 aromatic carbocycles. The Hall–Kier alpha value is -0.990. The van der Waals surface area contributed by atoms with Gasteiger partial charge in [-0.15, -0.1) is 0 Å². The Bertz CT molecular complexity index is 93.1. The molecule has 4 N–H and O–H groups in total. The Morgan fingerprint density at radius 2 is 2.14 bits per heavy atom. The highest BCUT2D eigenvalue weighted by molar-refractivity contribution is 5.53. The topological polar surface area (TPSA) is 64.4 Å². The molecule has 0 heterocycles. The van der Waals surface area contributed by atoms with Gasteiger partial charge in [0.15, 0.2) is 0 Å². The minimum Gasteiger partial charge on any atom is -0.403 e. The van der Waals surface area contributed by atoms with E-state index in [0.29, 0.717) is 0 Å². The fourth-order valence-electron chi connectivity index (χ4n) is 0.161. The second kappa shape index (κ2) is 3.21. The number of hydrogen-bond acceptors (Lipinski definition) is 2. The van der Waals surface area contributed by atoms with Crippen LogP contribution in [-0.4, -0.2) is 6.34 Å². The monoisotopic (exact) mass is 99.1 g/mol. The zero-order chi connectivity index (χ0) is 5.70. The van der Waals surface area contributed by atoms with E-state index in [0.717, 1.165) is 5.70 Å². The van der Waals surface area contributed by atoms with Gasteiger partial charge < -0.3 is 11.5 Å². The molecule has 0 radical (unpaired) electrons. The summed E-state index contributed by atoms with van der Waals surface area (Å²) in [5.41, 5.74) is 10.7. The van der Waals surface area contributed by atoms with E-state index in [4.69, 9.17) is 11.5 Å². The number of nitrogens with zero attached hydrogens (tertiary/aromatic N) is 1. The predicted molar refractivity (Wildman–Crippen MR) is 30.6 cm³/mol. The zero-order valence-corrected chi connectivity index (χ0v) is 4.26. The normalized spacial score (nSPS) is 13.0. The molecule has 0 saturated carbocycles. The van der Waals surface area contributed by atoms with Gasteiger partial charge in [0.1, 0.15) is 0 Å². The lowest BCUT2D eigenvalue weighted by Gasteiger charge is -1.81. The van der Waals surface area contributed by atoms with Gasteiger partial charge in [-0.3, -0.25) is 0 Å². The second-order valence-corrected chi connectivity index (χ2v) is 1.09. The van der Waals surface area contributed by atoms with Gasteiger partial charge in [-0.05, 0) is 6.92 Å². The van der Waals surface area contributed by atoms with Crippen LogP contribution in [0.15, 0.2) is 16.9 Å². The van der Waals surface area contributed by atoms with E-state index in [2.05, 4.69) is 4.99 Å². The lowest BCUT2D eigenvalue weighted by atomic mass is 10.6. The second-order valence-electron chi connectivity index (χ2n) is 1.09. The lowest BCUT2D eigenvalue weighted by Crippen LogP contribution is -1.89. The van der Waals surface area contributed by atoms with Crippen LogP contribution in [0.1, 0.15) is 6.92 Å². The first-order valence-corrected chi connectivity index (χ1v) is 1.94. The maximum Gasteiger partial charge on any atom is 0.0856 e. The van der Waals surface area contributed by atoms with Crippen LogP contribution in [0.25, 0.3) is 0 Å². The molecule has 0 unspecified atom stereocenters. The van der Waals surface area contributed by atoms with Crippen LogP contribution in [0.4, 0.5) is 0 Å². The highest BCUT2D eigenvalue weighted by Crippen LogP contribution is 1.85. The van der Waals surface area contributed by atoms with Crippen LogP contribution in [0.3, 0.4) is 0 Å². The van der Waals surface area contributed by atoms with Crippen LogP contribution in [0.2, 0.25) is 0 Å². The first-order chi connectivity index (χ1) is 3.31. The Kier molecular flexibility index (Phi) is 2.76. The molecule has 0 amide bonds. The van der Waals surface area contributed by atoms with Gasteiger partial charge in [0.25, 0.3) is 0 Å². The molecule has 0 aliphatic rings. The van der Waals surface area contributed by atoms with Gasteiger partial charge in [0.2, 0.25) is 0 Å². The van der Waals surface area contributed by atoms with E-state index in [1.807, 2.05) is 0 Å². The molecule has 3 heteroatoms. The summed E-state index contributed by atoms with van der Waals surface area (Å²) in [6.07, 6.45) is 2.60. The molecule has 3 nitrogen and oxygen atoms in total. The van der Waals surface area contributed by atoms with Crippen molar-refractivity contribution in [2.75, 3.05) is 0 Å². The summed E-state index contributed by atoms with van der Waals surface area (Å²) in [5, 5.41) is 0. The van der Waals surface area contributed by atoms with E-state index >= 15 is 0 Å². The van der Waals surface area contributed by atoms with Gasteiger partial charge >= 0.3 is 0 Å². The van der Waals surface area contributed by atoms with Gasteiger partial charge in [0, 0.05) is 6.20 Å². The highest BCUT2D eigenvalue weighted by atomic mass is 14.8. The predicted octanol–water partition coefficient (Wildman–Crippen LogP) is -0.207. The van der Waals surface area contributed by atoms with Crippen molar-refractivity contribution < 1.29 is 0 Å². The minimum absolute atomic E-state index is 0.725. The molecule has 0 aromatic rings. The molecule has 0 fully saturated rings. The quantitative estimate of drug-likeness (QED) is 0.353. The number of aliphatic imine (C=N–C) groups is 1. The summed E-state index contributed by atoms with van der Waals surface area (Å²) in [5.74, 6) is 0. The molecule has 7 heavy (non-hydrogen) atoms. The van der Waals surface area contributed by atoms with Crippen molar-refractivity contribution in [2.24, 2.45) is 16.5 Å². The molecule has 0 saturated heterocycles. The number of rotatable bonds is 1. The molecule has 0 aliphatic heterocycles. The first kappa shape index (κ1) is 6.01. The third-order valence-corrected chi connectivity index (χ3v) is 0.519. The average Bonchev–Trinajstić information content (AvgIpc) is 1.68. The van der Waals surface area contributed by atoms with Crippen LogP contribution >= 0.6 is 0 Å². The smallest absolute Gasteiger partial charge is 0.0856 e. The molecular formula is C4H9N3. The van der Waals surface area contributed by atoms with Gasteiger partial charge in [-0.2, -0.15) is 0 Å². The van der Waals surface area contributed by atoms with Crippen LogP contribution in [0.5, 0.6) is 0 Å². The van der Waals surface area contributed by atoms with Crippen molar-refractivity contribution in [1.29, 1.82) is 0 Å². The summed E-state index contributed by atoms with van der Waals surface area (Å²) in [6.45, 7) is 1.77. The van der Waals surface area contributed by atoms with Crippen molar-refractivity contribution in [2.45, 2.75) is 6.92 Å². The molecule has 0 atom stereocenters. The summed E-state index contributed by atoms with van der Waals surface area (Å²) in [6, 6.07) is 0. The third kappa shape index (κ3) is 2.82. The largest absolute Gasteiger partial charge is 0.403 e. The summed E-state index contributed by atoms with van der Waals surface area (Å²) < 4.78 is 0. The molecule has 0 rings (SSSR count). The van der Waals surface area contributed by atoms with E-state index < -0.39 is 0 Å². The Labute approximate surface area is 42.7 Å². The van der Waals surface area contributed by atoms with E-state index in [1.54, 1.807) is 6.92 Å². The van der Waals surface area contributed by atoms with Crippen molar-refractivity contribution >= 4 is 6.34 Å². The molecule has 40 valence electrons. The summed E-state index contributed by atoms with van der Waals surface area (Å²) in [4.78, 5) is 3.63. The van der Waals surface area contributed by atoms with Crippen molar-refractivity contribution in [1.82, 2.24) is 0 Å². The molecule has 0 aliphatic carbocycles. The summed E-state index contributed by atoms with van der Waals surface area (Å²) >= 11 is 0. The molecule has 0 bridgehead atoms. The molecular weight excluding hydrogens is 90.1 g/mol. The standard InChI is InChI=1S/C4H9N3/c1-4(2-5)7-3-6/h2-3H,5H2,1H3,(H2,6,7)/b4-2+. The van der Waals surface area contributed by atoms with Crippen LogP contribution < -0.4 is 11.5 Å². The van der Waals surface area contributed by atoms with E-state index in [1.165, 1.54) is 12.5 Å². The SMILES string of the molecule is CC(=C\N)/N=C\N. The fraction of sp³-hybridized carbons (Fsp3) is 0.250. The van der Waals surface area contributed by atoms with Crippen molar-refractivity contribution in [3.8, 4) is 0 Å². The summed E-state index contributed by atoms with van der Waals surface area (Å²) in [7, 11) is 0. The van der Waals surface area contributed by atoms with E-state index in [9.17, 15) is 0 Å². The van der Waals surface area contributed by atoms with E-state index in [-0.39, 0.29) is 0 Å². The fourth-order valence-corrected chi connectivity index (χ4v) is 0.161. The third-order valence-electron chi connectivity index (χ3n) is 0.519. The Balaban J connectivity index is 3.58. The van der Waals surface area contributed by atoms with Crippen LogP contribution in [0, 0.1) is 0 Å².